The van der Waals surface area contributed by atoms with Crippen molar-refractivity contribution in [1.29, 1.82) is 0 Å². The molecule has 0 aliphatic heterocycles. The summed E-state index contributed by atoms with van der Waals surface area (Å²) < 4.78 is 1.26. The Balaban J connectivity index is 1.65. The van der Waals surface area contributed by atoms with Crippen LogP contribution < -0.4 is 5.32 Å². The summed E-state index contributed by atoms with van der Waals surface area (Å²) in [5.74, 6) is 0.503. The molecule has 0 saturated heterocycles. The summed E-state index contributed by atoms with van der Waals surface area (Å²) in [4.78, 5) is 4.72. The lowest BCUT2D eigenvalue weighted by Crippen LogP contribution is -2.23. The Kier molecular flexibility index (Phi) is 4.32. The normalized spacial score (nSPS) is 14.2. The van der Waals surface area contributed by atoms with Crippen LogP contribution in [0.2, 0.25) is 0 Å². The highest BCUT2D eigenvalue weighted by molar-refractivity contribution is 7.18. The maximum Gasteiger partial charge on any atom is 0.111 e. The molecular formula is C18H20N2S. The van der Waals surface area contributed by atoms with Gasteiger partial charge >= 0.3 is 0 Å². The molecule has 2 aromatic carbocycles. The lowest BCUT2D eigenvalue weighted by molar-refractivity contribution is 0.536. The molecule has 108 valence electrons. The lowest BCUT2D eigenvalue weighted by atomic mass is 10.0. The van der Waals surface area contributed by atoms with E-state index in [4.69, 9.17) is 4.98 Å². The molecule has 0 spiro atoms. The minimum absolute atomic E-state index is 0.286. The predicted molar refractivity (Wildman–Crippen MR) is 90.9 cm³/mol. The molecule has 1 N–H and O–H groups in total. The second-order valence-electron chi connectivity index (χ2n) is 5.46. The van der Waals surface area contributed by atoms with Crippen LogP contribution in [0.4, 0.5) is 0 Å². The molecule has 0 bridgehead atoms. The molecule has 3 aromatic rings. The predicted octanol–water partition coefficient (Wildman–Crippen LogP) is 4.75. The fraction of sp³-hybridized carbons (Fsp3) is 0.278. The molecule has 0 aliphatic carbocycles. The zero-order valence-electron chi connectivity index (χ0n) is 12.4. The minimum atomic E-state index is 0.286. The molecule has 0 saturated carbocycles. The number of thiazole rings is 1. The van der Waals surface area contributed by atoms with E-state index < -0.39 is 0 Å². The molecule has 1 heterocycles. The van der Waals surface area contributed by atoms with E-state index in [0.29, 0.717) is 5.92 Å². The Bertz CT molecular complexity index is 672. The first-order valence-electron chi connectivity index (χ1n) is 7.38. The number of fused-ring (bicyclic) bond motifs is 1. The number of hydrogen-bond donors (Lipinski definition) is 1. The van der Waals surface area contributed by atoms with Gasteiger partial charge in [-0.05, 0) is 30.5 Å². The van der Waals surface area contributed by atoms with Crippen LogP contribution in [0.1, 0.15) is 36.4 Å². The van der Waals surface area contributed by atoms with Gasteiger partial charge in [-0.1, -0.05) is 49.4 Å². The van der Waals surface area contributed by atoms with Crippen molar-refractivity contribution >= 4 is 21.6 Å². The number of nitrogens with zero attached hydrogens (tertiary/aromatic N) is 1. The van der Waals surface area contributed by atoms with Crippen LogP contribution in [0.15, 0.2) is 54.6 Å². The molecule has 21 heavy (non-hydrogen) atoms. The van der Waals surface area contributed by atoms with Gasteiger partial charge in [-0.2, -0.15) is 0 Å². The molecule has 1 aromatic heterocycles. The molecule has 0 radical (unpaired) electrons. The first kappa shape index (κ1) is 14.2. The van der Waals surface area contributed by atoms with Crippen molar-refractivity contribution in [3.8, 4) is 0 Å². The summed E-state index contributed by atoms with van der Waals surface area (Å²) in [5, 5.41) is 4.77. The van der Waals surface area contributed by atoms with Crippen LogP contribution in [-0.4, -0.2) is 11.5 Å². The van der Waals surface area contributed by atoms with Crippen LogP contribution >= 0.6 is 11.3 Å². The molecule has 3 heteroatoms. The SMILES string of the molecule is CC(CNC(C)c1nc2ccccc2s1)c1ccccc1. The number of para-hydroxylation sites is 1. The van der Waals surface area contributed by atoms with E-state index in [9.17, 15) is 0 Å². The van der Waals surface area contributed by atoms with Gasteiger partial charge in [-0.25, -0.2) is 4.98 Å². The standard InChI is InChI=1S/C18H20N2S/c1-13(15-8-4-3-5-9-15)12-19-14(2)18-20-16-10-6-7-11-17(16)21-18/h3-11,13-14,19H,12H2,1-2H3. The Morgan fingerprint density at radius 1 is 1.00 bits per heavy atom. The van der Waals surface area contributed by atoms with Gasteiger partial charge in [0.2, 0.25) is 0 Å². The Hall–Kier alpha value is -1.71. The smallest absolute Gasteiger partial charge is 0.111 e. The summed E-state index contributed by atoms with van der Waals surface area (Å²) in [6.45, 7) is 5.41. The van der Waals surface area contributed by atoms with Gasteiger partial charge in [-0.15, -0.1) is 11.3 Å². The monoisotopic (exact) mass is 296 g/mol. The fourth-order valence-electron chi connectivity index (χ4n) is 2.42. The van der Waals surface area contributed by atoms with E-state index in [2.05, 4.69) is 67.7 Å². The van der Waals surface area contributed by atoms with E-state index in [1.165, 1.54) is 10.3 Å². The highest BCUT2D eigenvalue weighted by atomic mass is 32.1. The molecule has 0 amide bonds. The average Bonchev–Trinajstić information content (AvgIpc) is 2.97. The second-order valence-corrected chi connectivity index (χ2v) is 6.52. The molecule has 3 rings (SSSR count). The molecule has 0 aliphatic rings. The highest BCUT2D eigenvalue weighted by Gasteiger charge is 2.12. The molecular weight excluding hydrogens is 276 g/mol. The Morgan fingerprint density at radius 3 is 2.48 bits per heavy atom. The third kappa shape index (κ3) is 3.31. The average molecular weight is 296 g/mol. The van der Waals surface area contributed by atoms with Gasteiger partial charge in [0, 0.05) is 6.54 Å². The van der Waals surface area contributed by atoms with Gasteiger partial charge < -0.3 is 5.32 Å². The van der Waals surface area contributed by atoms with Gasteiger partial charge in [0.15, 0.2) is 0 Å². The van der Waals surface area contributed by atoms with Crippen molar-refractivity contribution in [2.24, 2.45) is 0 Å². The van der Waals surface area contributed by atoms with Crippen LogP contribution in [0.5, 0.6) is 0 Å². The van der Waals surface area contributed by atoms with Crippen molar-refractivity contribution in [1.82, 2.24) is 10.3 Å². The van der Waals surface area contributed by atoms with Crippen molar-refractivity contribution in [2.45, 2.75) is 25.8 Å². The summed E-state index contributed by atoms with van der Waals surface area (Å²) in [7, 11) is 0. The van der Waals surface area contributed by atoms with Crippen LogP contribution in [0, 0.1) is 0 Å². The van der Waals surface area contributed by atoms with Gasteiger partial charge in [0.05, 0.1) is 16.3 Å². The maximum atomic E-state index is 4.72. The molecule has 2 unspecified atom stereocenters. The first-order valence-corrected chi connectivity index (χ1v) is 8.19. The van der Waals surface area contributed by atoms with E-state index in [1.807, 2.05) is 6.07 Å². The number of aromatic nitrogens is 1. The summed E-state index contributed by atoms with van der Waals surface area (Å²) >= 11 is 1.78. The van der Waals surface area contributed by atoms with Gasteiger partial charge in [-0.3, -0.25) is 0 Å². The Morgan fingerprint density at radius 2 is 1.71 bits per heavy atom. The maximum absolute atomic E-state index is 4.72. The minimum Gasteiger partial charge on any atom is -0.308 e. The van der Waals surface area contributed by atoms with Crippen molar-refractivity contribution < 1.29 is 0 Å². The molecule has 2 nitrogen and oxygen atoms in total. The summed E-state index contributed by atoms with van der Waals surface area (Å²) in [6, 6.07) is 19.3. The quantitative estimate of drug-likeness (QED) is 0.735. The highest BCUT2D eigenvalue weighted by Crippen LogP contribution is 2.26. The van der Waals surface area contributed by atoms with Gasteiger partial charge in [0.25, 0.3) is 0 Å². The second kappa shape index (κ2) is 6.37. The number of benzene rings is 2. The molecule has 0 fully saturated rings. The zero-order valence-corrected chi connectivity index (χ0v) is 13.2. The third-order valence-corrected chi connectivity index (χ3v) is 5.00. The molecule has 2 atom stereocenters. The number of hydrogen-bond acceptors (Lipinski definition) is 3. The zero-order chi connectivity index (χ0) is 14.7. The van der Waals surface area contributed by atoms with Crippen molar-refractivity contribution in [3.63, 3.8) is 0 Å². The Labute approximate surface area is 129 Å². The fourth-order valence-corrected chi connectivity index (χ4v) is 3.41. The van der Waals surface area contributed by atoms with Crippen molar-refractivity contribution in [2.75, 3.05) is 6.54 Å². The van der Waals surface area contributed by atoms with E-state index in [-0.39, 0.29) is 6.04 Å². The summed E-state index contributed by atoms with van der Waals surface area (Å²) in [6.07, 6.45) is 0. The van der Waals surface area contributed by atoms with E-state index in [0.717, 1.165) is 17.1 Å². The third-order valence-electron chi connectivity index (χ3n) is 3.78. The van der Waals surface area contributed by atoms with Crippen LogP contribution in [0.3, 0.4) is 0 Å². The number of rotatable bonds is 5. The number of nitrogens with one attached hydrogen (secondary N) is 1. The first-order chi connectivity index (χ1) is 10.2. The topological polar surface area (TPSA) is 24.9 Å². The van der Waals surface area contributed by atoms with Gasteiger partial charge in [0.1, 0.15) is 5.01 Å². The van der Waals surface area contributed by atoms with E-state index in [1.54, 1.807) is 11.3 Å². The summed E-state index contributed by atoms with van der Waals surface area (Å²) in [5.41, 5.74) is 2.48. The lowest BCUT2D eigenvalue weighted by Gasteiger charge is -2.16. The van der Waals surface area contributed by atoms with Crippen LogP contribution in [0.25, 0.3) is 10.2 Å². The largest absolute Gasteiger partial charge is 0.308 e. The van der Waals surface area contributed by atoms with Crippen LogP contribution in [-0.2, 0) is 0 Å². The van der Waals surface area contributed by atoms with E-state index >= 15 is 0 Å². The van der Waals surface area contributed by atoms with Crippen molar-refractivity contribution in [3.05, 3.63) is 65.2 Å².